The number of benzene rings is 3. The minimum Gasteiger partial charge on any atom is -0.483 e. The highest BCUT2D eigenvalue weighted by atomic mass is 16.5. The smallest absolute Gasteiger partial charge is 0.262 e. The van der Waals surface area contributed by atoms with Gasteiger partial charge in [-0.15, -0.1) is 10.2 Å². The van der Waals surface area contributed by atoms with Crippen molar-refractivity contribution < 1.29 is 13.9 Å². The normalized spacial score (nSPS) is 10.7. The molecule has 0 saturated carbocycles. The van der Waals surface area contributed by atoms with Gasteiger partial charge in [-0.2, -0.15) is 0 Å². The summed E-state index contributed by atoms with van der Waals surface area (Å²) in [6.07, 6.45) is 0. The van der Waals surface area contributed by atoms with E-state index in [-0.39, 0.29) is 12.5 Å². The third-order valence-corrected chi connectivity index (χ3v) is 4.84. The van der Waals surface area contributed by atoms with Gasteiger partial charge in [0.1, 0.15) is 5.75 Å². The molecule has 0 unspecified atom stereocenters. The Morgan fingerprint density at radius 2 is 1.42 bits per heavy atom. The van der Waals surface area contributed by atoms with Crippen molar-refractivity contribution in [3.63, 3.8) is 0 Å². The molecule has 0 spiro atoms. The number of carbonyl (C=O) groups excluding carboxylic acids is 1. The maximum absolute atomic E-state index is 12.2. The minimum atomic E-state index is -0.229. The van der Waals surface area contributed by atoms with E-state index >= 15 is 0 Å². The standard InChI is InChI=1S/C25H23N3O3/c1-16-5-8-19(9-6-16)24-27-28-25(31-24)20-10-12-21(13-11-20)26-23(29)15-30-22-14-17(2)4-7-18(22)3/h4-14H,15H2,1-3H3,(H,26,29). The van der Waals surface area contributed by atoms with Crippen molar-refractivity contribution in [3.8, 4) is 28.7 Å². The molecule has 4 aromatic rings. The van der Waals surface area contributed by atoms with Crippen LogP contribution in [-0.2, 0) is 4.79 Å². The second kappa shape index (κ2) is 8.83. The van der Waals surface area contributed by atoms with E-state index in [1.165, 1.54) is 5.56 Å². The topological polar surface area (TPSA) is 77.2 Å². The van der Waals surface area contributed by atoms with Crippen LogP contribution < -0.4 is 10.1 Å². The van der Waals surface area contributed by atoms with Gasteiger partial charge in [-0.05, 0) is 74.4 Å². The highest BCUT2D eigenvalue weighted by Gasteiger charge is 2.11. The Morgan fingerprint density at radius 3 is 2.06 bits per heavy atom. The third-order valence-electron chi connectivity index (χ3n) is 4.84. The Morgan fingerprint density at radius 1 is 0.839 bits per heavy atom. The SMILES string of the molecule is Cc1ccc(-c2nnc(-c3ccc(NC(=O)COc4cc(C)ccc4C)cc3)o2)cc1. The second-order valence-electron chi connectivity index (χ2n) is 7.46. The highest BCUT2D eigenvalue weighted by Crippen LogP contribution is 2.25. The maximum Gasteiger partial charge on any atom is 0.262 e. The van der Waals surface area contributed by atoms with Crippen molar-refractivity contribution in [2.24, 2.45) is 0 Å². The predicted octanol–water partition coefficient (Wildman–Crippen LogP) is 5.35. The molecule has 156 valence electrons. The van der Waals surface area contributed by atoms with Gasteiger partial charge in [0.25, 0.3) is 5.91 Å². The molecule has 0 atom stereocenters. The van der Waals surface area contributed by atoms with Crippen molar-refractivity contribution >= 4 is 11.6 Å². The molecule has 6 nitrogen and oxygen atoms in total. The lowest BCUT2D eigenvalue weighted by atomic mass is 10.1. The van der Waals surface area contributed by atoms with Gasteiger partial charge < -0.3 is 14.5 Å². The molecule has 4 rings (SSSR count). The van der Waals surface area contributed by atoms with Gasteiger partial charge in [-0.25, -0.2) is 0 Å². The van der Waals surface area contributed by atoms with E-state index in [2.05, 4.69) is 15.5 Å². The number of anilines is 1. The predicted molar refractivity (Wildman–Crippen MR) is 120 cm³/mol. The molecule has 3 aromatic carbocycles. The quantitative estimate of drug-likeness (QED) is 0.461. The zero-order chi connectivity index (χ0) is 21.8. The Kier molecular flexibility index (Phi) is 5.80. The van der Waals surface area contributed by atoms with Crippen molar-refractivity contribution in [3.05, 3.63) is 83.4 Å². The summed E-state index contributed by atoms with van der Waals surface area (Å²) in [6, 6.07) is 21.0. The average molecular weight is 413 g/mol. The summed E-state index contributed by atoms with van der Waals surface area (Å²) >= 11 is 0. The van der Waals surface area contributed by atoms with Crippen LogP contribution in [0, 0.1) is 20.8 Å². The van der Waals surface area contributed by atoms with Crippen LogP contribution in [0.25, 0.3) is 22.9 Å². The number of rotatable bonds is 6. The van der Waals surface area contributed by atoms with E-state index in [4.69, 9.17) is 9.15 Å². The lowest BCUT2D eigenvalue weighted by Crippen LogP contribution is -2.20. The number of carbonyl (C=O) groups is 1. The molecule has 0 aliphatic rings. The Bertz CT molecular complexity index is 1200. The molecule has 0 fully saturated rings. The molecule has 0 aliphatic heterocycles. The molecule has 1 amide bonds. The fourth-order valence-electron chi connectivity index (χ4n) is 3.05. The largest absolute Gasteiger partial charge is 0.483 e. The van der Waals surface area contributed by atoms with Crippen molar-refractivity contribution in [1.82, 2.24) is 10.2 Å². The number of aryl methyl sites for hydroxylation is 3. The molecule has 0 bridgehead atoms. The molecule has 0 aliphatic carbocycles. The van der Waals surface area contributed by atoms with Crippen LogP contribution in [0.15, 0.2) is 71.1 Å². The van der Waals surface area contributed by atoms with Gasteiger partial charge in [-0.1, -0.05) is 29.8 Å². The summed E-state index contributed by atoms with van der Waals surface area (Å²) in [5.74, 6) is 1.38. The fraction of sp³-hybridized carbons (Fsp3) is 0.160. The second-order valence-corrected chi connectivity index (χ2v) is 7.46. The number of aromatic nitrogens is 2. The highest BCUT2D eigenvalue weighted by molar-refractivity contribution is 5.92. The summed E-state index contributed by atoms with van der Waals surface area (Å²) in [7, 11) is 0. The van der Waals surface area contributed by atoms with Crippen LogP contribution in [0.5, 0.6) is 5.75 Å². The maximum atomic E-state index is 12.2. The van der Waals surface area contributed by atoms with Gasteiger partial charge in [0.2, 0.25) is 11.8 Å². The van der Waals surface area contributed by atoms with E-state index in [0.29, 0.717) is 23.2 Å². The first-order valence-electron chi connectivity index (χ1n) is 9.99. The monoisotopic (exact) mass is 413 g/mol. The summed E-state index contributed by atoms with van der Waals surface area (Å²) < 4.78 is 11.4. The molecule has 1 N–H and O–H groups in total. The molecule has 6 heteroatoms. The van der Waals surface area contributed by atoms with Gasteiger partial charge in [0, 0.05) is 16.8 Å². The molecular formula is C25H23N3O3. The van der Waals surface area contributed by atoms with E-state index in [1.54, 1.807) is 12.1 Å². The first-order valence-corrected chi connectivity index (χ1v) is 9.99. The van der Waals surface area contributed by atoms with Gasteiger partial charge in [-0.3, -0.25) is 4.79 Å². The molecule has 0 saturated heterocycles. The number of nitrogens with zero attached hydrogens (tertiary/aromatic N) is 2. The van der Waals surface area contributed by atoms with E-state index in [0.717, 1.165) is 22.3 Å². The van der Waals surface area contributed by atoms with Gasteiger partial charge >= 0.3 is 0 Å². The van der Waals surface area contributed by atoms with Crippen molar-refractivity contribution in [2.45, 2.75) is 20.8 Å². The molecular weight excluding hydrogens is 390 g/mol. The van der Waals surface area contributed by atoms with Crippen LogP contribution in [0.1, 0.15) is 16.7 Å². The number of amides is 1. The van der Waals surface area contributed by atoms with E-state index in [9.17, 15) is 4.79 Å². The molecule has 1 aromatic heterocycles. The van der Waals surface area contributed by atoms with Gasteiger partial charge in [0.15, 0.2) is 6.61 Å². The summed E-state index contributed by atoms with van der Waals surface area (Å²) in [5, 5.41) is 11.1. The van der Waals surface area contributed by atoms with Gasteiger partial charge in [0.05, 0.1) is 0 Å². The van der Waals surface area contributed by atoms with Crippen LogP contribution in [0.3, 0.4) is 0 Å². The summed E-state index contributed by atoms with van der Waals surface area (Å²) in [5.41, 5.74) is 5.56. The number of hydrogen-bond acceptors (Lipinski definition) is 5. The van der Waals surface area contributed by atoms with Crippen LogP contribution in [0.2, 0.25) is 0 Å². The third kappa shape index (κ3) is 4.98. The first-order chi connectivity index (χ1) is 15.0. The zero-order valence-electron chi connectivity index (χ0n) is 17.7. The van der Waals surface area contributed by atoms with E-state index in [1.807, 2.05) is 75.4 Å². The molecule has 1 heterocycles. The Hall–Kier alpha value is -3.93. The van der Waals surface area contributed by atoms with Crippen LogP contribution in [0.4, 0.5) is 5.69 Å². The number of hydrogen-bond donors (Lipinski definition) is 1. The molecule has 31 heavy (non-hydrogen) atoms. The Labute approximate surface area is 180 Å². The number of nitrogens with one attached hydrogen (secondary N) is 1. The number of ether oxygens (including phenoxy) is 1. The summed E-state index contributed by atoms with van der Waals surface area (Å²) in [4.78, 5) is 12.2. The van der Waals surface area contributed by atoms with Crippen molar-refractivity contribution in [2.75, 3.05) is 11.9 Å². The van der Waals surface area contributed by atoms with Crippen LogP contribution >= 0.6 is 0 Å². The molecule has 0 radical (unpaired) electrons. The lowest BCUT2D eigenvalue weighted by Gasteiger charge is -2.10. The minimum absolute atomic E-state index is 0.0599. The Balaban J connectivity index is 1.37. The lowest BCUT2D eigenvalue weighted by molar-refractivity contribution is -0.118. The fourth-order valence-corrected chi connectivity index (χ4v) is 3.05. The van der Waals surface area contributed by atoms with E-state index < -0.39 is 0 Å². The average Bonchev–Trinajstić information content (AvgIpc) is 3.26. The zero-order valence-corrected chi connectivity index (χ0v) is 17.7. The first kappa shape index (κ1) is 20.3. The van der Waals surface area contributed by atoms with Crippen molar-refractivity contribution in [1.29, 1.82) is 0 Å². The van der Waals surface area contributed by atoms with Crippen LogP contribution in [-0.4, -0.2) is 22.7 Å². The summed E-state index contributed by atoms with van der Waals surface area (Å²) in [6.45, 7) is 5.91.